The summed E-state index contributed by atoms with van der Waals surface area (Å²) in [6.07, 6.45) is 0. The Kier molecular flexibility index (Phi) is 3.65. The minimum Gasteiger partial charge on any atom is -0.451 e. The van der Waals surface area contributed by atoms with Crippen molar-refractivity contribution in [1.82, 2.24) is 25.9 Å². The van der Waals surface area contributed by atoms with E-state index in [0.717, 1.165) is 5.56 Å². The summed E-state index contributed by atoms with van der Waals surface area (Å²) in [5.74, 6) is 0.748. The van der Waals surface area contributed by atoms with Crippen molar-refractivity contribution in [3.05, 3.63) is 53.0 Å². The van der Waals surface area contributed by atoms with Gasteiger partial charge in [0.2, 0.25) is 0 Å². The van der Waals surface area contributed by atoms with Gasteiger partial charge >= 0.3 is 0 Å². The van der Waals surface area contributed by atoms with Gasteiger partial charge in [0.05, 0.1) is 11.6 Å². The van der Waals surface area contributed by atoms with E-state index in [9.17, 15) is 4.79 Å². The predicted molar refractivity (Wildman–Crippen MR) is 74.5 cm³/mol. The number of carbonyl (C=O) groups is 1. The summed E-state index contributed by atoms with van der Waals surface area (Å²) < 4.78 is 5.52. The van der Waals surface area contributed by atoms with E-state index in [2.05, 4.69) is 25.9 Å². The molecule has 1 amide bonds. The van der Waals surface area contributed by atoms with Crippen LogP contribution in [0.5, 0.6) is 0 Å². The van der Waals surface area contributed by atoms with Gasteiger partial charge in [0.15, 0.2) is 11.6 Å². The highest BCUT2D eigenvalue weighted by molar-refractivity contribution is 6.33. The average Bonchev–Trinajstić information content (AvgIpc) is 3.17. The van der Waals surface area contributed by atoms with Crippen LogP contribution in [-0.4, -0.2) is 26.5 Å². The summed E-state index contributed by atoms with van der Waals surface area (Å²) in [6, 6.07) is 10.5. The van der Waals surface area contributed by atoms with E-state index >= 15 is 0 Å². The Balaban J connectivity index is 1.73. The molecule has 0 spiro atoms. The first-order valence-corrected chi connectivity index (χ1v) is 6.47. The summed E-state index contributed by atoms with van der Waals surface area (Å²) in [5.41, 5.74) is 0.733. The molecular weight excluding hydrogens is 294 g/mol. The molecule has 0 unspecified atom stereocenters. The molecule has 2 heterocycles. The quantitative estimate of drug-likeness (QED) is 0.769. The normalized spacial score (nSPS) is 10.5. The average molecular weight is 304 g/mol. The molecule has 2 N–H and O–H groups in total. The molecule has 0 bridgehead atoms. The van der Waals surface area contributed by atoms with Crippen LogP contribution in [0.15, 0.2) is 40.8 Å². The number of hydrogen-bond donors (Lipinski definition) is 2. The summed E-state index contributed by atoms with van der Waals surface area (Å²) in [4.78, 5) is 11.9. The lowest BCUT2D eigenvalue weighted by Crippen LogP contribution is -2.22. The Labute approximate surface area is 124 Å². The fourth-order valence-electron chi connectivity index (χ4n) is 1.77. The fraction of sp³-hybridized carbons (Fsp3) is 0.0769. The number of halogens is 1. The Morgan fingerprint density at radius 1 is 1.29 bits per heavy atom. The van der Waals surface area contributed by atoms with Crippen molar-refractivity contribution in [1.29, 1.82) is 0 Å². The lowest BCUT2D eigenvalue weighted by atomic mass is 10.2. The summed E-state index contributed by atoms with van der Waals surface area (Å²) in [6.45, 7) is 0.164. The van der Waals surface area contributed by atoms with E-state index in [-0.39, 0.29) is 18.2 Å². The zero-order valence-electron chi connectivity index (χ0n) is 10.7. The van der Waals surface area contributed by atoms with Crippen molar-refractivity contribution in [3.63, 3.8) is 0 Å². The first-order chi connectivity index (χ1) is 10.2. The number of furan rings is 1. The molecular formula is C13H10ClN5O2. The molecule has 2 aromatic heterocycles. The topological polar surface area (TPSA) is 96.7 Å². The lowest BCUT2D eigenvalue weighted by Gasteiger charge is -2.01. The van der Waals surface area contributed by atoms with Gasteiger partial charge in [-0.05, 0) is 24.3 Å². The summed E-state index contributed by atoms with van der Waals surface area (Å²) in [7, 11) is 0. The Morgan fingerprint density at radius 2 is 2.14 bits per heavy atom. The van der Waals surface area contributed by atoms with Gasteiger partial charge in [0.25, 0.3) is 5.91 Å². The third kappa shape index (κ3) is 2.92. The molecule has 0 aliphatic heterocycles. The molecule has 21 heavy (non-hydrogen) atoms. The number of H-pyrrole nitrogens is 1. The standard InChI is InChI=1S/C13H10ClN5O2/c14-9-4-2-1-3-8(9)10-5-6-11(21-10)13(20)15-7-12-16-18-19-17-12/h1-6H,7H2,(H,15,20)(H,16,17,18,19). The first-order valence-electron chi connectivity index (χ1n) is 6.09. The van der Waals surface area contributed by atoms with Crippen LogP contribution in [0.4, 0.5) is 0 Å². The maximum absolute atomic E-state index is 11.9. The first kappa shape index (κ1) is 13.3. The van der Waals surface area contributed by atoms with Gasteiger partial charge in [-0.15, -0.1) is 10.2 Å². The number of carbonyl (C=O) groups excluding carboxylic acids is 1. The van der Waals surface area contributed by atoms with Crippen molar-refractivity contribution in [2.45, 2.75) is 6.54 Å². The van der Waals surface area contributed by atoms with Crippen LogP contribution in [0.2, 0.25) is 5.02 Å². The second-order valence-electron chi connectivity index (χ2n) is 4.15. The number of nitrogens with zero attached hydrogens (tertiary/aromatic N) is 3. The second-order valence-corrected chi connectivity index (χ2v) is 4.56. The maximum Gasteiger partial charge on any atom is 0.287 e. The number of tetrazole rings is 1. The molecule has 0 saturated carbocycles. The van der Waals surface area contributed by atoms with Gasteiger partial charge in [-0.1, -0.05) is 28.9 Å². The monoisotopic (exact) mass is 303 g/mol. The van der Waals surface area contributed by atoms with Crippen LogP contribution in [0.1, 0.15) is 16.4 Å². The Hall–Kier alpha value is -2.67. The van der Waals surface area contributed by atoms with E-state index in [1.165, 1.54) is 0 Å². The zero-order valence-corrected chi connectivity index (χ0v) is 11.5. The fourth-order valence-corrected chi connectivity index (χ4v) is 2.00. The molecule has 3 aromatic rings. The Morgan fingerprint density at radius 3 is 2.90 bits per heavy atom. The zero-order chi connectivity index (χ0) is 14.7. The molecule has 0 radical (unpaired) electrons. The lowest BCUT2D eigenvalue weighted by molar-refractivity contribution is 0.0923. The Bertz CT molecular complexity index is 754. The highest BCUT2D eigenvalue weighted by Crippen LogP contribution is 2.28. The molecule has 0 aliphatic rings. The van der Waals surface area contributed by atoms with Crippen LogP contribution >= 0.6 is 11.6 Å². The van der Waals surface area contributed by atoms with Crippen molar-refractivity contribution >= 4 is 17.5 Å². The molecule has 0 fully saturated rings. The van der Waals surface area contributed by atoms with E-state index in [4.69, 9.17) is 16.0 Å². The number of aromatic amines is 1. The van der Waals surface area contributed by atoms with Crippen molar-refractivity contribution in [2.75, 3.05) is 0 Å². The van der Waals surface area contributed by atoms with Gasteiger partial charge < -0.3 is 9.73 Å². The highest BCUT2D eigenvalue weighted by atomic mass is 35.5. The maximum atomic E-state index is 11.9. The largest absolute Gasteiger partial charge is 0.451 e. The SMILES string of the molecule is O=C(NCc1nn[nH]n1)c1ccc(-c2ccccc2Cl)o1. The molecule has 1 aromatic carbocycles. The van der Waals surface area contributed by atoms with Crippen molar-refractivity contribution < 1.29 is 9.21 Å². The second kappa shape index (κ2) is 5.76. The minimum atomic E-state index is -0.363. The van der Waals surface area contributed by atoms with Crippen molar-refractivity contribution in [2.24, 2.45) is 0 Å². The minimum absolute atomic E-state index is 0.164. The molecule has 3 rings (SSSR count). The third-order valence-corrected chi connectivity index (χ3v) is 3.09. The highest BCUT2D eigenvalue weighted by Gasteiger charge is 2.14. The van der Waals surface area contributed by atoms with E-state index in [1.54, 1.807) is 18.2 Å². The number of hydrogen-bond acceptors (Lipinski definition) is 5. The summed E-state index contributed by atoms with van der Waals surface area (Å²) in [5, 5.41) is 16.4. The van der Waals surface area contributed by atoms with Crippen LogP contribution in [0, 0.1) is 0 Å². The van der Waals surface area contributed by atoms with E-state index in [1.807, 2.05) is 18.2 Å². The molecule has 0 aliphatic carbocycles. The molecule has 106 valence electrons. The number of benzene rings is 1. The third-order valence-electron chi connectivity index (χ3n) is 2.77. The smallest absolute Gasteiger partial charge is 0.287 e. The molecule has 0 saturated heterocycles. The van der Waals surface area contributed by atoms with Gasteiger partial charge in [-0.3, -0.25) is 4.79 Å². The van der Waals surface area contributed by atoms with Crippen molar-refractivity contribution in [3.8, 4) is 11.3 Å². The number of amides is 1. The predicted octanol–water partition coefficient (Wildman–Crippen LogP) is 2.04. The van der Waals surface area contributed by atoms with E-state index in [0.29, 0.717) is 16.6 Å². The molecule has 8 heteroatoms. The number of rotatable bonds is 4. The van der Waals surface area contributed by atoms with E-state index < -0.39 is 0 Å². The molecule has 0 atom stereocenters. The van der Waals surface area contributed by atoms with Crippen LogP contribution in [0.25, 0.3) is 11.3 Å². The summed E-state index contributed by atoms with van der Waals surface area (Å²) >= 11 is 6.09. The van der Waals surface area contributed by atoms with Crippen LogP contribution < -0.4 is 5.32 Å². The van der Waals surface area contributed by atoms with Gasteiger partial charge in [0.1, 0.15) is 5.76 Å². The number of nitrogens with one attached hydrogen (secondary N) is 2. The van der Waals surface area contributed by atoms with Gasteiger partial charge in [-0.25, -0.2) is 0 Å². The molecule has 7 nitrogen and oxygen atoms in total. The van der Waals surface area contributed by atoms with Gasteiger partial charge in [-0.2, -0.15) is 5.21 Å². The van der Waals surface area contributed by atoms with Crippen LogP contribution in [0.3, 0.4) is 0 Å². The van der Waals surface area contributed by atoms with Gasteiger partial charge in [0, 0.05) is 5.56 Å². The van der Waals surface area contributed by atoms with Crippen LogP contribution in [-0.2, 0) is 6.54 Å². The number of aromatic nitrogens is 4.